The van der Waals surface area contributed by atoms with Gasteiger partial charge in [-0.25, -0.2) is 4.39 Å². The molecule has 2 atom stereocenters. The predicted octanol–water partition coefficient (Wildman–Crippen LogP) is 1.23. The number of amides is 1. The molecular weight excluding hydrogens is 259 g/mol. The smallest absolute Gasteiger partial charge is 0.257 e. The van der Waals surface area contributed by atoms with Crippen LogP contribution in [-0.2, 0) is 4.74 Å². The number of carbonyl (C=O) groups excluding carboxylic acids is 1. The molecule has 5 heteroatoms. The van der Waals surface area contributed by atoms with Gasteiger partial charge in [0.1, 0.15) is 5.82 Å². The molecule has 108 valence electrons. The summed E-state index contributed by atoms with van der Waals surface area (Å²) in [5.74, 6) is -0.382. The first-order valence-corrected chi connectivity index (χ1v) is 6.97. The molecule has 3 rings (SSSR count). The summed E-state index contributed by atoms with van der Waals surface area (Å²) in [6.07, 6.45) is 0. The normalized spacial score (nSPS) is 27.2. The third-order valence-electron chi connectivity index (χ3n) is 4.02. The van der Waals surface area contributed by atoms with E-state index in [4.69, 9.17) is 4.74 Å². The quantitative estimate of drug-likeness (QED) is 0.774. The zero-order valence-corrected chi connectivity index (χ0v) is 11.6. The second kappa shape index (κ2) is 5.50. The van der Waals surface area contributed by atoms with Gasteiger partial charge in [-0.1, -0.05) is 12.1 Å². The topological polar surface area (TPSA) is 32.8 Å². The van der Waals surface area contributed by atoms with Crippen LogP contribution in [0.1, 0.15) is 10.4 Å². The molecule has 0 spiro atoms. The van der Waals surface area contributed by atoms with Crippen molar-refractivity contribution in [2.75, 3.05) is 39.9 Å². The summed E-state index contributed by atoms with van der Waals surface area (Å²) < 4.78 is 19.5. The van der Waals surface area contributed by atoms with Gasteiger partial charge in [-0.15, -0.1) is 0 Å². The van der Waals surface area contributed by atoms with Gasteiger partial charge in [0.05, 0.1) is 24.8 Å². The SMILES string of the molecule is CN1C[C@@H]2COC[C@H](C1)N(C(=O)c1ccccc1F)C2. The van der Waals surface area contributed by atoms with Crippen LogP contribution in [0.5, 0.6) is 0 Å². The predicted molar refractivity (Wildman–Crippen MR) is 73.0 cm³/mol. The molecule has 0 saturated carbocycles. The van der Waals surface area contributed by atoms with Crippen molar-refractivity contribution < 1.29 is 13.9 Å². The molecule has 1 amide bonds. The van der Waals surface area contributed by atoms with Gasteiger partial charge in [0.15, 0.2) is 0 Å². The van der Waals surface area contributed by atoms with Crippen molar-refractivity contribution in [1.29, 1.82) is 0 Å². The largest absolute Gasteiger partial charge is 0.379 e. The highest BCUT2D eigenvalue weighted by Gasteiger charge is 2.35. The van der Waals surface area contributed by atoms with Crippen LogP contribution in [0.3, 0.4) is 0 Å². The van der Waals surface area contributed by atoms with Gasteiger partial charge in [0.25, 0.3) is 5.91 Å². The molecule has 0 N–H and O–H groups in total. The van der Waals surface area contributed by atoms with Crippen LogP contribution in [0.25, 0.3) is 0 Å². The number of likely N-dealkylation sites (N-methyl/N-ethyl adjacent to an activating group) is 1. The first kappa shape index (κ1) is 13.5. The van der Waals surface area contributed by atoms with Crippen molar-refractivity contribution in [2.24, 2.45) is 5.92 Å². The van der Waals surface area contributed by atoms with Gasteiger partial charge in [-0.3, -0.25) is 4.79 Å². The minimum Gasteiger partial charge on any atom is -0.379 e. The average Bonchev–Trinajstić information content (AvgIpc) is 2.68. The Hall–Kier alpha value is -1.46. The third kappa shape index (κ3) is 2.55. The maximum Gasteiger partial charge on any atom is 0.257 e. The molecule has 2 aliphatic rings. The van der Waals surface area contributed by atoms with E-state index in [9.17, 15) is 9.18 Å². The summed E-state index contributed by atoms with van der Waals surface area (Å²) in [7, 11) is 2.06. The number of benzene rings is 1. The van der Waals surface area contributed by atoms with Crippen molar-refractivity contribution in [3.8, 4) is 0 Å². The summed E-state index contributed by atoms with van der Waals surface area (Å²) in [5.41, 5.74) is 0.155. The van der Waals surface area contributed by atoms with E-state index in [1.165, 1.54) is 6.07 Å². The van der Waals surface area contributed by atoms with Crippen LogP contribution < -0.4 is 0 Å². The molecule has 0 aromatic heterocycles. The summed E-state index contributed by atoms with van der Waals surface area (Å²) >= 11 is 0. The lowest BCUT2D eigenvalue weighted by atomic mass is 10.1. The highest BCUT2D eigenvalue weighted by Crippen LogP contribution is 2.21. The number of halogens is 1. The average molecular weight is 278 g/mol. The van der Waals surface area contributed by atoms with Gasteiger partial charge in [0.2, 0.25) is 0 Å². The van der Waals surface area contributed by atoms with Crippen molar-refractivity contribution in [3.63, 3.8) is 0 Å². The van der Waals surface area contributed by atoms with E-state index in [1.54, 1.807) is 23.1 Å². The van der Waals surface area contributed by atoms with Gasteiger partial charge < -0.3 is 14.5 Å². The molecule has 0 aliphatic carbocycles. The molecule has 2 aliphatic heterocycles. The van der Waals surface area contributed by atoms with E-state index < -0.39 is 5.82 Å². The lowest BCUT2D eigenvalue weighted by molar-refractivity contribution is 0.0481. The Morgan fingerprint density at radius 3 is 2.85 bits per heavy atom. The third-order valence-corrected chi connectivity index (χ3v) is 4.02. The lowest BCUT2D eigenvalue weighted by Gasteiger charge is -2.29. The summed E-state index contributed by atoms with van der Waals surface area (Å²) in [6.45, 7) is 3.53. The minimum absolute atomic E-state index is 0.000365. The van der Waals surface area contributed by atoms with Crippen molar-refractivity contribution in [3.05, 3.63) is 35.6 Å². The van der Waals surface area contributed by atoms with Crippen LogP contribution in [0.15, 0.2) is 24.3 Å². The van der Waals surface area contributed by atoms with E-state index in [-0.39, 0.29) is 17.5 Å². The Kier molecular flexibility index (Phi) is 3.72. The highest BCUT2D eigenvalue weighted by molar-refractivity contribution is 5.94. The molecule has 2 saturated heterocycles. The summed E-state index contributed by atoms with van der Waals surface area (Å²) in [5, 5.41) is 0. The number of hydrogen-bond donors (Lipinski definition) is 0. The van der Waals surface area contributed by atoms with Gasteiger partial charge in [-0.2, -0.15) is 0 Å². The standard InChI is InChI=1S/C15H19FN2O2/c1-17-6-11-7-18(12(8-17)10-20-9-11)15(19)13-4-2-3-5-14(13)16/h2-5,11-12H,6-10H2,1H3/t11-,12-/m0/s1. The first-order chi connectivity index (χ1) is 9.65. The fourth-order valence-electron chi connectivity index (χ4n) is 3.12. The zero-order valence-electron chi connectivity index (χ0n) is 11.6. The van der Waals surface area contributed by atoms with E-state index in [2.05, 4.69) is 11.9 Å². The molecule has 2 heterocycles. The number of fused-ring (bicyclic) bond motifs is 3. The molecule has 20 heavy (non-hydrogen) atoms. The lowest BCUT2D eigenvalue weighted by Crippen LogP contribution is -2.46. The van der Waals surface area contributed by atoms with Gasteiger partial charge >= 0.3 is 0 Å². The fourth-order valence-corrected chi connectivity index (χ4v) is 3.12. The first-order valence-electron chi connectivity index (χ1n) is 6.97. The Balaban J connectivity index is 1.89. The Bertz CT molecular complexity index is 508. The molecule has 2 bridgehead atoms. The molecule has 0 radical (unpaired) electrons. The van der Waals surface area contributed by atoms with E-state index >= 15 is 0 Å². The maximum atomic E-state index is 13.8. The van der Waals surface area contributed by atoms with E-state index in [0.29, 0.717) is 25.7 Å². The molecule has 2 fully saturated rings. The number of hydrogen-bond acceptors (Lipinski definition) is 3. The Labute approximate surface area is 118 Å². The monoisotopic (exact) mass is 278 g/mol. The summed E-state index contributed by atoms with van der Waals surface area (Å²) in [6, 6.07) is 6.18. The number of nitrogens with zero attached hydrogens (tertiary/aromatic N) is 2. The molecular formula is C15H19FN2O2. The Morgan fingerprint density at radius 2 is 2.05 bits per heavy atom. The van der Waals surface area contributed by atoms with Crippen LogP contribution in [0, 0.1) is 11.7 Å². The number of carbonyl (C=O) groups is 1. The van der Waals surface area contributed by atoms with Crippen LogP contribution in [-0.4, -0.2) is 61.6 Å². The van der Waals surface area contributed by atoms with Crippen LogP contribution >= 0.6 is 0 Å². The van der Waals surface area contributed by atoms with Crippen molar-refractivity contribution >= 4 is 5.91 Å². The van der Waals surface area contributed by atoms with Gasteiger partial charge in [-0.05, 0) is 19.2 Å². The molecule has 1 aromatic rings. The maximum absolute atomic E-state index is 13.8. The number of rotatable bonds is 1. The van der Waals surface area contributed by atoms with Gasteiger partial charge in [0, 0.05) is 25.6 Å². The minimum atomic E-state index is -0.453. The highest BCUT2D eigenvalue weighted by atomic mass is 19.1. The number of ether oxygens (including phenoxy) is 1. The Morgan fingerprint density at radius 1 is 1.25 bits per heavy atom. The second-order valence-electron chi connectivity index (χ2n) is 5.72. The zero-order chi connectivity index (χ0) is 14.1. The summed E-state index contributed by atoms with van der Waals surface area (Å²) in [4.78, 5) is 16.7. The molecule has 0 unspecified atom stereocenters. The molecule has 4 nitrogen and oxygen atoms in total. The van der Waals surface area contributed by atoms with E-state index in [1.807, 2.05) is 0 Å². The van der Waals surface area contributed by atoms with E-state index in [0.717, 1.165) is 13.1 Å². The molecule has 1 aromatic carbocycles. The fraction of sp³-hybridized carbons (Fsp3) is 0.533. The van der Waals surface area contributed by atoms with Crippen molar-refractivity contribution in [2.45, 2.75) is 6.04 Å². The van der Waals surface area contributed by atoms with Crippen LogP contribution in [0.4, 0.5) is 4.39 Å². The second-order valence-corrected chi connectivity index (χ2v) is 5.72. The van der Waals surface area contributed by atoms with Crippen molar-refractivity contribution in [1.82, 2.24) is 9.80 Å². The van der Waals surface area contributed by atoms with Crippen LogP contribution in [0.2, 0.25) is 0 Å².